The molecule has 1 saturated heterocycles. The Bertz CT molecular complexity index is 719. The van der Waals surface area contributed by atoms with Gasteiger partial charge in [-0.2, -0.15) is 5.10 Å². The highest BCUT2D eigenvalue weighted by Crippen LogP contribution is 2.21. The lowest BCUT2D eigenvalue weighted by molar-refractivity contribution is -0.137. The van der Waals surface area contributed by atoms with Crippen LogP contribution < -0.4 is 0 Å². The average molecular weight is 344 g/mol. The van der Waals surface area contributed by atoms with Crippen LogP contribution in [0, 0.1) is 5.92 Å². The first-order valence-electron chi connectivity index (χ1n) is 8.81. The Kier molecular flexibility index (Phi) is 4.59. The number of furan rings is 1. The second-order valence-corrected chi connectivity index (χ2v) is 6.97. The number of amides is 1. The summed E-state index contributed by atoms with van der Waals surface area (Å²) in [5, 5.41) is 4.70. The number of nitrogens with zero attached hydrogens (tertiary/aromatic N) is 4. The Balaban J connectivity index is 1.37. The van der Waals surface area contributed by atoms with E-state index in [-0.39, 0.29) is 11.8 Å². The number of ether oxygens (including phenoxy) is 1. The van der Waals surface area contributed by atoms with Gasteiger partial charge in [0.2, 0.25) is 5.91 Å². The third-order valence-electron chi connectivity index (χ3n) is 4.90. The van der Waals surface area contributed by atoms with E-state index in [0.717, 1.165) is 49.6 Å². The van der Waals surface area contributed by atoms with Crippen molar-refractivity contribution >= 4 is 5.91 Å². The molecule has 0 aromatic carbocycles. The van der Waals surface area contributed by atoms with Crippen molar-refractivity contribution in [2.75, 3.05) is 26.8 Å². The van der Waals surface area contributed by atoms with E-state index < -0.39 is 0 Å². The van der Waals surface area contributed by atoms with Crippen molar-refractivity contribution in [3.05, 3.63) is 41.6 Å². The minimum atomic E-state index is 0.0371. The van der Waals surface area contributed by atoms with Gasteiger partial charge < -0.3 is 14.1 Å². The Hall–Kier alpha value is -2.12. The van der Waals surface area contributed by atoms with Gasteiger partial charge in [0, 0.05) is 31.8 Å². The van der Waals surface area contributed by atoms with Crippen LogP contribution >= 0.6 is 0 Å². The highest BCUT2D eigenvalue weighted by Gasteiger charge is 2.30. The first kappa shape index (κ1) is 16.4. The molecule has 2 aliphatic rings. The molecule has 7 heteroatoms. The van der Waals surface area contributed by atoms with Crippen LogP contribution in [-0.4, -0.2) is 52.3 Å². The van der Waals surface area contributed by atoms with Crippen molar-refractivity contribution in [1.82, 2.24) is 19.6 Å². The maximum atomic E-state index is 12.6. The second-order valence-electron chi connectivity index (χ2n) is 6.97. The van der Waals surface area contributed by atoms with Crippen LogP contribution in [0.3, 0.4) is 0 Å². The Morgan fingerprint density at radius 2 is 2.32 bits per heavy atom. The lowest BCUT2D eigenvalue weighted by Gasteiger charge is -2.29. The summed E-state index contributed by atoms with van der Waals surface area (Å²) in [6, 6.07) is 4.10. The van der Waals surface area contributed by atoms with Crippen molar-refractivity contribution in [2.24, 2.45) is 5.92 Å². The Labute approximate surface area is 147 Å². The summed E-state index contributed by atoms with van der Waals surface area (Å²) in [6.45, 7) is 5.01. The Morgan fingerprint density at radius 3 is 3.08 bits per heavy atom. The number of rotatable bonds is 5. The standard InChI is InChI=1S/C18H24N4O3/c1-20(9-14-2-6-24-12-14)10-16-8-17-11-21(4-5-22(17)19-16)18(23)15-3-7-25-13-15/h2,6,8,12,15H,3-5,7,9-11,13H2,1H3/t15-/m0/s1. The number of aromatic nitrogens is 2. The molecule has 134 valence electrons. The molecule has 2 aromatic heterocycles. The zero-order valence-corrected chi connectivity index (χ0v) is 14.6. The predicted molar refractivity (Wildman–Crippen MR) is 90.4 cm³/mol. The molecule has 25 heavy (non-hydrogen) atoms. The van der Waals surface area contributed by atoms with E-state index in [2.05, 4.69) is 18.0 Å². The van der Waals surface area contributed by atoms with E-state index in [9.17, 15) is 4.79 Å². The molecule has 7 nitrogen and oxygen atoms in total. The molecular formula is C18H24N4O3. The maximum Gasteiger partial charge on any atom is 0.228 e. The number of carbonyl (C=O) groups is 1. The van der Waals surface area contributed by atoms with Crippen LogP contribution in [0.5, 0.6) is 0 Å². The van der Waals surface area contributed by atoms with Gasteiger partial charge in [0.05, 0.1) is 49.5 Å². The third kappa shape index (κ3) is 3.62. The normalized spacial score (nSPS) is 20.2. The van der Waals surface area contributed by atoms with E-state index in [4.69, 9.17) is 14.3 Å². The van der Waals surface area contributed by atoms with Gasteiger partial charge in [0.25, 0.3) is 0 Å². The molecule has 4 rings (SSSR count). The van der Waals surface area contributed by atoms with Gasteiger partial charge in [-0.1, -0.05) is 0 Å². The van der Waals surface area contributed by atoms with Crippen molar-refractivity contribution in [2.45, 2.75) is 32.6 Å². The third-order valence-corrected chi connectivity index (χ3v) is 4.90. The summed E-state index contributed by atoms with van der Waals surface area (Å²) in [7, 11) is 2.07. The van der Waals surface area contributed by atoms with Gasteiger partial charge in [0.15, 0.2) is 0 Å². The maximum absolute atomic E-state index is 12.6. The second kappa shape index (κ2) is 7.01. The molecule has 1 amide bonds. The van der Waals surface area contributed by atoms with Crippen molar-refractivity contribution < 1.29 is 13.9 Å². The van der Waals surface area contributed by atoms with Crippen LogP contribution in [0.2, 0.25) is 0 Å². The van der Waals surface area contributed by atoms with Gasteiger partial charge >= 0.3 is 0 Å². The zero-order valence-electron chi connectivity index (χ0n) is 14.6. The molecule has 0 unspecified atom stereocenters. The van der Waals surface area contributed by atoms with Crippen LogP contribution in [0.25, 0.3) is 0 Å². The first-order chi connectivity index (χ1) is 12.2. The summed E-state index contributed by atoms with van der Waals surface area (Å²) in [4.78, 5) is 16.7. The van der Waals surface area contributed by atoms with E-state index in [1.54, 1.807) is 12.5 Å². The van der Waals surface area contributed by atoms with Crippen LogP contribution in [-0.2, 0) is 35.7 Å². The van der Waals surface area contributed by atoms with Crippen molar-refractivity contribution in [3.8, 4) is 0 Å². The first-order valence-corrected chi connectivity index (χ1v) is 8.81. The predicted octanol–water partition coefficient (Wildman–Crippen LogP) is 1.49. The molecule has 1 fully saturated rings. The largest absolute Gasteiger partial charge is 0.472 e. The van der Waals surface area contributed by atoms with Gasteiger partial charge in [0.1, 0.15) is 0 Å². The van der Waals surface area contributed by atoms with E-state index in [0.29, 0.717) is 19.8 Å². The topological polar surface area (TPSA) is 63.7 Å². The minimum Gasteiger partial charge on any atom is -0.472 e. The number of hydrogen-bond donors (Lipinski definition) is 0. The number of fused-ring (bicyclic) bond motifs is 1. The quantitative estimate of drug-likeness (QED) is 0.822. The number of carbonyl (C=O) groups excluding carboxylic acids is 1. The highest BCUT2D eigenvalue weighted by atomic mass is 16.5. The van der Waals surface area contributed by atoms with Gasteiger partial charge in [-0.25, -0.2) is 0 Å². The summed E-state index contributed by atoms with van der Waals surface area (Å²) >= 11 is 0. The lowest BCUT2D eigenvalue weighted by atomic mass is 10.1. The fourth-order valence-electron chi connectivity index (χ4n) is 3.61. The summed E-state index contributed by atoms with van der Waals surface area (Å²) < 4.78 is 12.5. The molecule has 1 atom stereocenters. The molecule has 0 aliphatic carbocycles. The summed E-state index contributed by atoms with van der Waals surface area (Å²) in [6.07, 6.45) is 4.31. The molecule has 0 bridgehead atoms. The number of hydrogen-bond acceptors (Lipinski definition) is 5. The minimum absolute atomic E-state index is 0.0371. The molecular weight excluding hydrogens is 320 g/mol. The summed E-state index contributed by atoms with van der Waals surface area (Å²) in [5.74, 6) is 0.263. The van der Waals surface area contributed by atoms with E-state index in [1.165, 1.54) is 0 Å². The molecule has 2 aliphatic heterocycles. The van der Waals surface area contributed by atoms with E-state index in [1.807, 2.05) is 15.6 Å². The van der Waals surface area contributed by atoms with Crippen molar-refractivity contribution in [1.29, 1.82) is 0 Å². The van der Waals surface area contributed by atoms with Crippen LogP contribution in [0.4, 0.5) is 0 Å². The lowest BCUT2D eigenvalue weighted by Crippen LogP contribution is -2.41. The molecule has 0 spiro atoms. The molecule has 2 aromatic rings. The highest BCUT2D eigenvalue weighted by molar-refractivity contribution is 5.79. The summed E-state index contributed by atoms with van der Waals surface area (Å²) in [5.41, 5.74) is 3.31. The molecule has 0 saturated carbocycles. The molecule has 0 radical (unpaired) electrons. The molecule has 4 heterocycles. The van der Waals surface area contributed by atoms with E-state index >= 15 is 0 Å². The fourth-order valence-corrected chi connectivity index (χ4v) is 3.61. The van der Waals surface area contributed by atoms with Crippen LogP contribution in [0.15, 0.2) is 29.1 Å². The monoisotopic (exact) mass is 344 g/mol. The van der Waals surface area contributed by atoms with Crippen LogP contribution in [0.1, 0.15) is 23.4 Å². The van der Waals surface area contributed by atoms with Crippen molar-refractivity contribution in [3.63, 3.8) is 0 Å². The zero-order chi connectivity index (χ0) is 17.2. The van der Waals surface area contributed by atoms with Gasteiger partial charge in [-0.15, -0.1) is 0 Å². The Morgan fingerprint density at radius 1 is 1.40 bits per heavy atom. The average Bonchev–Trinajstić information content (AvgIpc) is 3.34. The molecule has 0 N–H and O–H groups in total. The fraction of sp³-hybridized carbons (Fsp3) is 0.556. The SMILES string of the molecule is CN(Cc1ccoc1)Cc1cc2n(n1)CCN(C(=O)[C@H]1CCOC1)C2. The smallest absolute Gasteiger partial charge is 0.228 e. The van der Waals surface area contributed by atoms with Gasteiger partial charge in [-0.3, -0.25) is 14.4 Å². The van der Waals surface area contributed by atoms with Gasteiger partial charge in [-0.05, 0) is 25.6 Å².